The number of rotatable bonds is 5. The lowest BCUT2D eigenvalue weighted by Crippen LogP contribution is -2.19. The van der Waals surface area contributed by atoms with Crippen molar-refractivity contribution in [1.82, 2.24) is 5.32 Å². The van der Waals surface area contributed by atoms with Crippen LogP contribution >= 0.6 is 0 Å². The van der Waals surface area contributed by atoms with Crippen LogP contribution in [0.2, 0.25) is 0 Å². The molecule has 0 spiro atoms. The van der Waals surface area contributed by atoms with Gasteiger partial charge in [0, 0.05) is 24.2 Å². The minimum absolute atomic E-state index is 0.0167. The van der Waals surface area contributed by atoms with Gasteiger partial charge in [0.25, 0.3) is 0 Å². The number of benzene rings is 1. The molecule has 5 heteroatoms. The highest BCUT2D eigenvalue weighted by Crippen LogP contribution is 2.09. The van der Waals surface area contributed by atoms with Crippen LogP contribution in [0.25, 0.3) is 0 Å². The predicted octanol–water partition coefficient (Wildman–Crippen LogP) is 0.00650. The maximum absolute atomic E-state index is 13.2. The van der Waals surface area contributed by atoms with Crippen molar-refractivity contribution >= 4 is 5.91 Å². The zero-order chi connectivity index (χ0) is 11.3. The number of carbonyl (C=O) groups is 1. The van der Waals surface area contributed by atoms with E-state index in [1.165, 1.54) is 18.2 Å². The Morgan fingerprint density at radius 3 is 2.87 bits per heavy atom. The Hall–Kier alpha value is -1.46. The molecule has 0 aliphatic rings. The topological polar surface area (TPSA) is 75.4 Å². The summed E-state index contributed by atoms with van der Waals surface area (Å²) in [5, 5.41) is 11.3. The van der Waals surface area contributed by atoms with Crippen LogP contribution in [0.1, 0.15) is 15.9 Å². The smallest absolute Gasteiger partial charge is 0.248 e. The summed E-state index contributed by atoms with van der Waals surface area (Å²) in [7, 11) is 0. The molecule has 4 nitrogen and oxygen atoms in total. The third-order valence-electron chi connectivity index (χ3n) is 1.93. The number of nitrogens with one attached hydrogen (secondary N) is 1. The molecule has 1 aromatic carbocycles. The van der Waals surface area contributed by atoms with Gasteiger partial charge in [0.2, 0.25) is 5.91 Å². The highest BCUT2D eigenvalue weighted by molar-refractivity contribution is 5.92. The number of hydrogen-bond acceptors (Lipinski definition) is 3. The summed E-state index contributed by atoms with van der Waals surface area (Å²) in [4.78, 5) is 10.8. The number of nitrogens with two attached hydrogens (primary N) is 1. The Balaban J connectivity index is 2.76. The number of halogens is 1. The first kappa shape index (κ1) is 11.6. The second kappa shape index (κ2) is 5.43. The van der Waals surface area contributed by atoms with Crippen molar-refractivity contribution < 1.29 is 14.3 Å². The van der Waals surface area contributed by atoms with E-state index in [2.05, 4.69) is 5.32 Å². The largest absolute Gasteiger partial charge is 0.395 e. The van der Waals surface area contributed by atoms with Crippen molar-refractivity contribution in [3.8, 4) is 0 Å². The lowest BCUT2D eigenvalue weighted by atomic mass is 10.1. The Morgan fingerprint density at radius 1 is 1.53 bits per heavy atom. The SMILES string of the molecule is NC(=O)c1ccc(F)c(CNCCO)c1. The van der Waals surface area contributed by atoms with E-state index in [1.54, 1.807) is 0 Å². The minimum Gasteiger partial charge on any atom is -0.395 e. The van der Waals surface area contributed by atoms with Crippen molar-refractivity contribution in [2.75, 3.05) is 13.2 Å². The standard InChI is InChI=1S/C10H13FN2O2/c11-9-2-1-7(10(12)15)5-8(9)6-13-3-4-14/h1-2,5,13-14H,3-4,6H2,(H2,12,15). The summed E-state index contributed by atoms with van der Waals surface area (Å²) >= 11 is 0. The predicted molar refractivity (Wildman–Crippen MR) is 53.7 cm³/mol. The summed E-state index contributed by atoms with van der Waals surface area (Å²) in [5.41, 5.74) is 5.70. The summed E-state index contributed by atoms with van der Waals surface area (Å²) in [5.74, 6) is -0.983. The van der Waals surface area contributed by atoms with Gasteiger partial charge in [-0.1, -0.05) is 0 Å². The van der Waals surface area contributed by atoms with Crippen molar-refractivity contribution in [3.05, 3.63) is 35.1 Å². The fourth-order valence-electron chi connectivity index (χ4n) is 1.17. The lowest BCUT2D eigenvalue weighted by Gasteiger charge is -2.05. The molecule has 0 saturated heterocycles. The van der Waals surface area contributed by atoms with Crippen molar-refractivity contribution in [1.29, 1.82) is 0 Å². The molecule has 0 aliphatic heterocycles. The van der Waals surface area contributed by atoms with E-state index in [0.717, 1.165) is 0 Å². The van der Waals surface area contributed by atoms with Crippen LogP contribution in [0.5, 0.6) is 0 Å². The molecule has 1 aromatic rings. The van der Waals surface area contributed by atoms with E-state index < -0.39 is 11.7 Å². The highest BCUT2D eigenvalue weighted by atomic mass is 19.1. The third kappa shape index (κ3) is 3.30. The van der Waals surface area contributed by atoms with Crippen LogP contribution < -0.4 is 11.1 Å². The second-order valence-corrected chi connectivity index (χ2v) is 3.07. The summed E-state index contributed by atoms with van der Waals surface area (Å²) in [6, 6.07) is 3.95. The Kier molecular flexibility index (Phi) is 4.20. The Bertz CT molecular complexity index is 355. The lowest BCUT2D eigenvalue weighted by molar-refractivity contribution is 0.1000. The molecule has 0 radical (unpaired) electrons. The molecule has 0 unspecified atom stereocenters. The number of primary amides is 1. The molecule has 0 atom stereocenters. The Morgan fingerprint density at radius 2 is 2.27 bits per heavy atom. The van der Waals surface area contributed by atoms with Gasteiger partial charge >= 0.3 is 0 Å². The molecule has 0 aliphatic carbocycles. The number of aliphatic hydroxyl groups excluding tert-OH is 1. The van der Waals surface area contributed by atoms with E-state index in [9.17, 15) is 9.18 Å². The maximum atomic E-state index is 13.2. The highest BCUT2D eigenvalue weighted by Gasteiger charge is 2.06. The van der Waals surface area contributed by atoms with Crippen molar-refractivity contribution in [2.45, 2.75) is 6.54 Å². The molecule has 0 aromatic heterocycles. The molecule has 0 saturated carbocycles. The molecule has 0 bridgehead atoms. The molecule has 82 valence electrons. The quantitative estimate of drug-likeness (QED) is 0.602. The van der Waals surface area contributed by atoms with E-state index in [4.69, 9.17) is 10.8 Å². The average molecular weight is 212 g/mol. The first-order valence-electron chi connectivity index (χ1n) is 4.55. The molecule has 1 rings (SSSR count). The molecule has 0 heterocycles. The van der Waals surface area contributed by atoms with E-state index >= 15 is 0 Å². The van der Waals surface area contributed by atoms with Gasteiger partial charge in [-0.25, -0.2) is 4.39 Å². The summed E-state index contributed by atoms with van der Waals surface area (Å²) < 4.78 is 13.2. The van der Waals surface area contributed by atoms with Crippen LogP contribution in [0.15, 0.2) is 18.2 Å². The fraction of sp³-hybridized carbons (Fsp3) is 0.300. The summed E-state index contributed by atoms with van der Waals surface area (Å²) in [6.07, 6.45) is 0. The van der Waals surface area contributed by atoms with Gasteiger partial charge in [0.05, 0.1) is 6.61 Å². The molecule has 1 amide bonds. The van der Waals surface area contributed by atoms with Gasteiger partial charge in [0.1, 0.15) is 5.82 Å². The van der Waals surface area contributed by atoms with Gasteiger partial charge in [-0.05, 0) is 18.2 Å². The fourth-order valence-corrected chi connectivity index (χ4v) is 1.17. The first-order chi connectivity index (χ1) is 7.15. The van der Waals surface area contributed by atoms with Gasteiger partial charge in [-0.2, -0.15) is 0 Å². The van der Waals surface area contributed by atoms with Crippen LogP contribution in [0, 0.1) is 5.82 Å². The van der Waals surface area contributed by atoms with Crippen LogP contribution in [0.3, 0.4) is 0 Å². The zero-order valence-electron chi connectivity index (χ0n) is 8.16. The van der Waals surface area contributed by atoms with Crippen LogP contribution in [0.4, 0.5) is 4.39 Å². The normalized spacial score (nSPS) is 10.3. The average Bonchev–Trinajstić information content (AvgIpc) is 2.20. The van der Waals surface area contributed by atoms with E-state index in [-0.39, 0.29) is 18.7 Å². The first-order valence-corrected chi connectivity index (χ1v) is 4.55. The van der Waals surface area contributed by atoms with Gasteiger partial charge in [-0.3, -0.25) is 4.79 Å². The van der Waals surface area contributed by atoms with Crippen molar-refractivity contribution in [2.24, 2.45) is 5.73 Å². The monoisotopic (exact) mass is 212 g/mol. The summed E-state index contributed by atoms with van der Waals surface area (Å²) in [6.45, 7) is 0.616. The second-order valence-electron chi connectivity index (χ2n) is 3.07. The molecule has 0 fully saturated rings. The molecule has 4 N–H and O–H groups in total. The molecular formula is C10H13FN2O2. The number of hydrogen-bond donors (Lipinski definition) is 3. The van der Waals surface area contributed by atoms with Crippen LogP contribution in [-0.2, 0) is 6.54 Å². The van der Waals surface area contributed by atoms with E-state index in [0.29, 0.717) is 12.1 Å². The Labute approximate surface area is 86.9 Å². The number of aliphatic hydroxyl groups is 1. The van der Waals surface area contributed by atoms with E-state index in [1.807, 2.05) is 0 Å². The number of amides is 1. The number of carbonyl (C=O) groups excluding carboxylic acids is 1. The maximum Gasteiger partial charge on any atom is 0.248 e. The van der Waals surface area contributed by atoms with Crippen molar-refractivity contribution in [3.63, 3.8) is 0 Å². The minimum atomic E-state index is -0.585. The molecule has 15 heavy (non-hydrogen) atoms. The van der Waals surface area contributed by atoms with Gasteiger partial charge < -0.3 is 16.2 Å². The van der Waals surface area contributed by atoms with Gasteiger partial charge in [-0.15, -0.1) is 0 Å². The third-order valence-corrected chi connectivity index (χ3v) is 1.93. The zero-order valence-corrected chi connectivity index (χ0v) is 8.16. The van der Waals surface area contributed by atoms with Crippen LogP contribution in [-0.4, -0.2) is 24.2 Å². The van der Waals surface area contributed by atoms with Gasteiger partial charge in [0.15, 0.2) is 0 Å². The molecular weight excluding hydrogens is 199 g/mol.